The summed E-state index contributed by atoms with van der Waals surface area (Å²) in [4.78, 5) is 24.9. The number of nitrogens with zero attached hydrogens (tertiary/aromatic N) is 2. The molecule has 0 bridgehead atoms. The summed E-state index contributed by atoms with van der Waals surface area (Å²) in [6, 6.07) is 3.31. The lowest BCUT2D eigenvalue weighted by molar-refractivity contribution is -0.141. The molecule has 2 heterocycles. The van der Waals surface area contributed by atoms with Gasteiger partial charge in [-0.1, -0.05) is 31.5 Å². The van der Waals surface area contributed by atoms with E-state index in [9.17, 15) is 9.59 Å². The number of carbonyl (C=O) groups is 2. The lowest BCUT2D eigenvalue weighted by Crippen LogP contribution is -2.28. The van der Waals surface area contributed by atoms with E-state index in [-0.39, 0.29) is 18.3 Å². The first-order valence-corrected chi connectivity index (χ1v) is 9.89. The standard InChI is InChI=1S/C19H24ClN3O3S/c1-12(2)11-23-19(20)14(13(3)22-23)7-8-17(24)21-15(10-18(25)26-4)16-6-5-9-27-16/h5-9,12,15H,10-11H2,1-4H3,(H,21,24)/b8-7+. The van der Waals surface area contributed by atoms with Crippen molar-refractivity contribution in [1.82, 2.24) is 15.1 Å². The van der Waals surface area contributed by atoms with Gasteiger partial charge >= 0.3 is 5.97 Å². The number of thiophene rings is 1. The third kappa shape index (κ3) is 5.94. The number of ether oxygens (including phenoxy) is 1. The molecule has 0 fully saturated rings. The summed E-state index contributed by atoms with van der Waals surface area (Å²) in [5.41, 5.74) is 1.47. The summed E-state index contributed by atoms with van der Waals surface area (Å²) in [6.45, 7) is 6.73. The van der Waals surface area contributed by atoms with Crippen molar-refractivity contribution in [3.63, 3.8) is 0 Å². The molecule has 6 nitrogen and oxygen atoms in total. The number of rotatable bonds is 8. The maximum absolute atomic E-state index is 12.4. The highest BCUT2D eigenvalue weighted by atomic mass is 35.5. The molecule has 2 aromatic heterocycles. The lowest BCUT2D eigenvalue weighted by Gasteiger charge is -2.15. The maximum atomic E-state index is 12.4. The van der Waals surface area contributed by atoms with Crippen LogP contribution >= 0.6 is 22.9 Å². The summed E-state index contributed by atoms with van der Waals surface area (Å²) in [5, 5.41) is 9.67. The highest BCUT2D eigenvalue weighted by Crippen LogP contribution is 2.24. The number of methoxy groups -OCH3 is 1. The van der Waals surface area contributed by atoms with E-state index in [0.29, 0.717) is 23.2 Å². The van der Waals surface area contributed by atoms with Gasteiger partial charge in [0, 0.05) is 23.1 Å². The molecule has 8 heteroatoms. The first-order chi connectivity index (χ1) is 12.8. The maximum Gasteiger partial charge on any atom is 0.307 e. The highest BCUT2D eigenvalue weighted by Gasteiger charge is 2.19. The second-order valence-corrected chi connectivity index (χ2v) is 7.89. The Morgan fingerprint density at radius 1 is 1.44 bits per heavy atom. The molecule has 2 aromatic rings. The van der Waals surface area contributed by atoms with E-state index in [4.69, 9.17) is 16.3 Å². The van der Waals surface area contributed by atoms with Crippen LogP contribution in [0.5, 0.6) is 0 Å². The topological polar surface area (TPSA) is 73.2 Å². The van der Waals surface area contributed by atoms with Crippen molar-refractivity contribution in [2.24, 2.45) is 5.92 Å². The van der Waals surface area contributed by atoms with Crippen LogP contribution in [-0.2, 0) is 20.9 Å². The van der Waals surface area contributed by atoms with Gasteiger partial charge in [-0.05, 0) is 30.4 Å². The fourth-order valence-electron chi connectivity index (χ4n) is 2.56. The van der Waals surface area contributed by atoms with Gasteiger partial charge in [-0.2, -0.15) is 5.10 Å². The number of aryl methyl sites for hydroxylation is 1. The fraction of sp³-hybridized carbons (Fsp3) is 0.421. The molecule has 0 aliphatic rings. The Hall–Kier alpha value is -2.12. The van der Waals surface area contributed by atoms with Gasteiger partial charge in [0.1, 0.15) is 5.15 Å². The summed E-state index contributed by atoms with van der Waals surface area (Å²) in [6.07, 6.45) is 3.14. The number of carbonyl (C=O) groups excluding carboxylic acids is 2. The molecule has 2 rings (SSSR count). The van der Waals surface area contributed by atoms with Crippen LogP contribution in [0.15, 0.2) is 23.6 Å². The van der Waals surface area contributed by atoms with Gasteiger partial charge in [0.15, 0.2) is 0 Å². The number of hydrogen-bond donors (Lipinski definition) is 1. The smallest absolute Gasteiger partial charge is 0.307 e. The quantitative estimate of drug-likeness (QED) is 0.528. The van der Waals surface area contributed by atoms with Gasteiger partial charge < -0.3 is 10.1 Å². The van der Waals surface area contributed by atoms with Crippen molar-refractivity contribution in [3.8, 4) is 0 Å². The third-order valence-corrected chi connectivity index (χ3v) is 5.24. The summed E-state index contributed by atoms with van der Waals surface area (Å²) in [7, 11) is 1.33. The molecule has 0 spiro atoms. The van der Waals surface area contributed by atoms with Crippen LogP contribution in [0.2, 0.25) is 5.15 Å². The van der Waals surface area contributed by atoms with Crippen LogP contribution in [0, 0.1) is 12.8 Å². The molecule has 1 atom stereocenters. The van der Waals surface area contributed by atoms with Crippen molar-refractivity contribution < 1.29 is 14.3 Å². The van der Waals surface area contributed by atoms with E-state index < -0.39 is 6.04 Å². The number of halogens is 1. The molecule has 0 aliphatic heterocycles. The Morgan fingerprint density at radius 3 is 2.78 bits per heavy atom. The van der Waals surface area contributed by atoms with Crippen molar-refractivity contribution in [3.05, 3.63) is 44.9 Å². The fourth-order valence-corrected chi connectivity index (χ4v) is 3.65. The molecule has 0 saturated carbocycles. The molecule has 1 unspecified atom stereocenters. The van der Waals surface area contributed by atoms with Crippen LogP contribution in [0.3, 0.4) is 0 Å². The Balaban J connectivity index is 2.11. The average molecular weight is 410 g/mol. The number of amides is 1. The minimum Gasteiger partial charge on any atom is -0.469 e. The summed E-state index contributed by atoms with van der Waals surface area (Å²) < 4.78 is 6.46. The second kappa shape index (κ2) is 9.71. The van der Waals surface area contributed by atoms with Gasteiger partial charge in [0.2, 0.25) is 5.91 Å². The van der Waals surface area contributed by atoms with Crippen molar-refractivity contribution in [2.75, 3.05) is 7.11 Å². The van der Waals surface area contributed by atoms with E-state index in [0.717, 1.165) is 10.6 Å². The minimum absolute atomic E-state index is 0.0721. The molecule has 0 aromatic carbocycles. The molecule has 0 saturated heterocycles. The number of aromatic nitrogens is 2. The molecule has 0 radical (unpaired) electrons. The number of hydrogen-bond acceptors (Lipinski definition) is 5. The van der Waals surface area contributed by atoms with Gasteiger partial charge in [-0.25, -0.2) is 0 Å². The summed E-state index contributed by atoms with van der Waals surface area (Å²) in [5.74, 6) is -0.289. The molecule has 1 N–H and O–H groups in total. The molecular formula is C19H24ClN3O3S. The predicted octanol–water partition coefficient (Wildman–Crippen LogP) is 4.00. The molecule has 0 aliphatic carbocycles. The van der Waals surface area contributed by atoms with Gasteiger partial charge in [-0.15, -0.1) is 11.3 Å². The van der Waals surface area contributed by atoms with E-state index in [1.165, 1.54) is 24.5 Å². The normalized spacial score (nSPS) is 12.5. The Morgan fingerprint density at radius 2 is 2.19 bits per heavy atom. The second-order valence-electron chi connectivity index (χ2n) is 6.56. The van der Waals surface area contributed by atoms with Crippen LogP contribution < -0.4 is 5.32 Å². The van der Waals surface area contributed by atoms with Crippen LogP contribution in [-0.4, -0.2) is 28.8 Å². The Kier molecular flexibility index (Phi) is 7.62. The molecular weight excluding hydrogens is 386 g/mol. The van der Waals surface area contributed by atoms with Gasteiger partial charge in [-0.3, -0.25) is 14.3 Å². The zero-order valence-corrected chi connectivity index (χ0v) is 17.4. The van der Waals surface area contributed by atoms with Gasteiger partial charge in [0.05, 0.1) is 25.3 Å². The first kappa shape index (κ1) is 21.2. The van der Waals surface area contributed by atoms with Crippen molar-refractivity contribution in [1.29, 1.82) is 0 Å². The number of nitrogens with one attached hydrogen (secondary N) is 1. The van der Waals surface area contributed by atoms with Crippen molar-refractivity contribution >= 4 is 40.9 Å². The van der Waals surface area contributed by atoms with Gasteiger partial charge in [0.25, 0.3) is 0 Å². The average Bonchev–Trinajstić information content (AvgIpc) is 3.22. The zero-order valence-electron chi connectivity index (χ0n) is 15.9. The van der Waals surface area contributed by atoms with Crippen LogP contribution in [0.4, 0.5) is 0 Å². The van der Waals surface area contributed by atoms with Crippen molar-refractivity contribution in [2.45, 2.75) is 39.8 Å². The van der Waals surface area contributed by atoms with Crippen LogP contribution in [0.25, 0.3) is 6.08 Å². The monoisotopic (exact) mass is 409 g/mol. The van der Waals surface area contributed by atoms with Crippen LogP contribution in [0.1, 0.15) is 42.4 Å². The van der Waals surface area contributed by atoms with E-state index >= 15 is 0 Å². The Bertz CT molecular complexity index is 813. The predicted molar refractivity (Wildman–Crippen MR) is 108 cm³/mol. The largest absolute Gasteiger partial charge is 0.469 e. The van der Waals surface area contributed by atoms with E-state index in [2.05, 4.69) is 24.3 Å². The molecule has 146 valence electrons. The van der Waals surface area contributed by atoms with E-state index in [1.807, 2.05) is 24.4 Å². The lowest BCUT2D eigenvalue weighted by atomic mass is 10.1. The third-order valence-electron chi connectivity index (χ3n) is 3.85. The SMILES string of the molecule is COC(=O)CC(NC(=O)/C=C/c1c(C)nn(CC(C)C)c1Cl)c1cccs1. The number of esters is 1. The minimum atomic E-state index is -0.435. The molecule has 27 heavy (non-hydrogen) atoms. The Labute approximate surface area is 168 Å². The highest BCUT2D eigenvalue weighted by molar-refractivity contribution is 7.10. The first-order valence-electron chi connectivity index (χ1n) is 8.63. The zero-order chi connectivity index (χ0) is 20.0. The summed E-state index contributed by atoms with van der Waals surface area (Å²) >= 11 is 7.86. The van der Waals surface area contributed by atoms with E-state index in [1.54, 1.807) is 10.8 Å². The molecule has 1 amide bonds.